The van der Waals surface area contributed by atoms with Crippen LogP contribution in [0.15, 0.2) is 53.4 Å². The molecule has 2 aliphatic rings. The highest BCUT2D eigenvalue weighted by molar-refractivity contribution is 7.92. The lowest BCUT2D eigenvalue weighted by Gasteiger charge is -2.35. The maximum Gasteiger partial charge on any atom is 0.324 e. The minimum absolute atomic E-state index is 0.0258. The van der Waals surface area contributed by atoms with Crippen molar-refractivity contribution in [1.29, 1.82) is 0 Å². The number of carbonyl (C=O) groups excluding carboxylic acids is 3. The number of aryl methyl sites for hydroxylation is 1. The molecular weight excluding hydrogens is 432 g/mol. The van der Waals surface area contributed by atoms with Gasteiger partial charge in [0.15, 0.2) is 0 Å². The van der Waals surface area contributed by atoms with Crippen LogP contribution in [0, 0.1) is 6.92 Å². The van der Waals surface area contributed by atoms with E-state index in [0.29, 0.717) is 37.2 Å². The first-order chi connectivity index (χ1) is 15.2. The van der Waals surface area contributed by atoms with Crippen molar-refractivity contribution in [3.8, 4) is 0 Å². The molecule has 0 spiro atoms. The van der Waals surface area contributed by atoms with Crippen LogP contribution < -0.4 is 10.0 Å². The van der Waals surface area contributed by atoms with Crippen molar-refractivity contribution in [2.45, 2.75) is 30.7 Å². The van der Waals surface area contributed by atoms with Crippen LogP contribution in [0.1, 0.15) is 28.8 Å². The number of hydrogen-bond donors (Lipinski definition) is 2. The summed E-state index contributed by atoms with van der Waals surface area (Å²) in [4.78, 5) is 39.6. The number of likely N-dealkylation sites (tertiary alicyclic amines) is 1. The summed E-state index contributed by atoms with van der Waals surface area (Å²) in [6, 6.07) is 12.3. The molecule has 2 aliphatic heterocycles. The molecule has 168 valence electrons. The normalized spacial score (nSPS) is 17.4. The lowest BCUT2D eigenvalue weighted by molar-refractivity contribution is -0.127. The van der Waals surface area contributed by atoms with Gasteiger partial charge in [-0.2, -0.15) is 0 Å². The van der Waals surface area contributed by atoms with Gasteiger partial charge >= 0.3 is 6.03 Å². The van der Waals surface area contributed by atoms with Crippen LogP contribution in [0.5, 0.6) is 0 Å². The summed E-state index contributed by atoms with van der Waals surface area (Å²) in [5, 5.41) is 2.52. The molecule has 0 aliphatic carbocycles. The molecule has 4 rings (SSSR count). The number of sulfonamides is 1. The van der Waals surface area contributed by atoms with Crippen LogP contribution in [-0.4, -0.2) is 61.7 Å². The molecule has 9 nitrogen and oxygen atoms in total. The number of nitrogens with zero attached hydrogens (tertiary/aromatic N) is 2. The van der Waals surface area contributed by atoms with Gasteiger partial charge in [0.25, 0.3) is 15.9 Å². The first kappa shape index (κ1) is 21.8. The van der Waals surface area contributed by atoms with Gasteiger partial charge in [-0.25, -0.2) is 13.2 Å². The number of imide groups is 1. The Hall–Kier alpha value is -3.40. The molecule has 4 amide bonds. The van der Waals surface area contributed by atoms with E-state index < -0.39 is 10.0 Å². The summed E-state index contributed by atoms with van der Waals surface area (Å²) < 4.78 is 27.7. The first-order valence-electron chi connectivity index (χ1n) is 10.3. The summed E-state index contributed by atoms with van der Waals surface area (Å²) in [5.41, 5.74) is 1.64. The molecule has 0 aromatic heterocycles. The average Bonchev–Trinajstić information content (AvgIpc) is 3.11. The van der Waals surface area contributed by atoms with Crippen molar-refractivity contribution in [3.63, 3.8) is 0 Å². The lowest BCUT2D eigenvalue weighted by atomic mass is 10.0. The Morgan fingerprint density at radius 2 is 1.75 bits per heavy atom. The topological polar surface area (TPSA) is 116 Å². The Kier molecular flexibility index (Phi) is 5.88. The zero-order chi connectivity index (χ0) is 22.9. The third-order valence-corrected chi connectivity index (χ3v) is 7.06. The van der Waals surface area contributed by atoms with Crippen LogP contribution in [0.25, 0.3) is 0 Å². The van der Waals surface area contributed by atoms with E-state index in [0.717, 1.165) is 5.56 Å². The number of carbonyl (C=O) groups is 3. The number of piperidine rings is 1. The van der Waals surface area contributed by atoms with Crippen LogP contribution in [0.4, 0.5) is 10.5 Å². The van der Waals surface area contributed by atoms with Crippen LogP contribution in [0.3, 0.4) is 0 Å². The van der Waals surface area contributed by atoms with E-state index in [2.05, 4.69) is 10.0 Å². The molecule has 2 saturated heterocycles. The Morgan fingerprint density at radius 1 is 1.06 bits per heavy atom. The van der Waals surface area contributed by atoms with Gasteiger partial charge in [-0.15, -0.1) is 0 Å². The standard InChI is InChI=1S/C22H24N4O5S/c1-15-3-2-4-19(13-15)32(30,31)24-17-7-5-16(6-8-17)21(28)25-11-9-18(10-12-25)26-20(27)14-23-22(26)29/h2-8,13,18,24H,9-12,14H2,1H3,(H,23,29). The molecule has 2 N–H and O–H groups in total. The van der Waals surface area contributed by atoms with Gasteiger partial charge in [0.1, 0.15) is 0 Å². The van der Waals surface area contributed by atoms with E-state index in [1.807, 2.05) is 13.0 Å². The summed E-state index contributed by atoms with van der Waals surface area (Å²) in [6.07, 6.45) is 1.05. The highest BCUT2D eigenvalue weighted by Crippen LogP contribution is 2.22. The average molecular weight is 457 g/mol. The third-order valence-electron chi connectivity index (χ3n) is 5.68. The second-order valence-corrected chi connectivity index (χ2v) is 9.63. The van der Waals surface area contributed by atoms with Gasteiger partial charge in [0.2, 0.25) is 5.91 Å². The summed E-state index contributed by atoms with van der Waals surface area (Å²) in [7, 11) is -3.72. The van der Waals surface area contributed by atoms with Gasteiger partial charge in [0, 0.05) is 30.4 Å². The second kappa shape index (κ2) is 8.62. The molecule has 32 heavy (non-hydrogen) atoms. The highest BCUT2D eigenvalue weighted by Gasteiger charge is 2.37. The molecule has 0 unspecified atom stereocenters. The summed E-state index contributed by atoms with van der Waals surface area (Å²) in [6.45, 7) is 2.71. The summed E-state index contributed by atoms with van der Waals surface area (Å²) in [5.74, 6) is -0.405. The summed E-state index contributed by atoms with van der Waals surface area (Å²) >= 11 is 0. The molecule has 0 radical (unpaired) electrons. The minimum Gasteiger partial charge on any atom is -0.338 e. The molecule has 2 aromatic carbocycles. The highest BCUT2D eigenvalue weighted by atomic mass is 32.2. The monoisotopic (exact) mass is 456 g/mol. The zero-order valence-electron chi connectivity index (χ0n) is 17.6. The van der Waals surface area contributed by atoms with E-state index in [1.54, 1.807) is 41.3 Å². The van der Waals surface area contributed by atoms with E-state index >= 15 is 0 Å². The number of hydrogen-bond acceptors (Lipinski definition) is 5. The molecule has 0 saturated carbocycles. The third kappa shape index (κ3) is 4.45. The smallest absolute Gasteiger partial charge is 0.324 e. The van der Waals surface area contributed by atoms with Gasteiger partial charge < -0.3 is 10.2 Å². The fourth-order valence-corrected chi connectivity index (χ4v) is 5.15. The van der Waals surface area contributed by atoms with Crippen molar-refractivity contribution in [3.05, 3.63) is 59.7 Å². The molecule has 2 aromatic rings. The molecule has 2 fully saturated rings. The predicted molar refractivity (Wildman–Crippen MR) is 118 cm³/mol. The fraction of sp³-hybridized carbons (Fsp3) is 0.318. The van der Waals surface area contributed by atoms with E-state index in [-0.39, 0.29) is 35.3 Å². The molecular formula is C22H24N4O5S. The van der Waals surface area contributed by atoms with Crippen molar-refractivity contribution in [2.75, 3.05) is 24.4 Å². The Balaban J connectivity index is 1.37. The van der Waals surface area contributed by atoms with E-state index in [9.17, 15) is 22.8 Å². The largest absolute Gasteiger partial charge is 0.338 e. The molecule has 10 heteroatoms. The van der Waals surface area contributed by atoms with Crippen molar-refractivity contribution >= 4 is 33.6 Å². The van der Waals surface area contributed by atoms with Gasteiger partial charge in [-0.05, 0) is 61.7 Å². The Labute approximate surface area is 186 Å². The van der Waals surface area contributed by atoms with Crippen LogP contribution >= 0.6 is 0 Å². The Bertz CT molecular complexity index is 1140. The maximum atomic E-state index is 12.8. The minimum atomic E-state index is -3.72. The predicted octanol–water partition coefficient (Wildman–Crippen LogP) is 1.95. The van der Waals surface area contributed by atoms with Gasteiger partial charge in [-0.3, -0.25) is 19.2 Å². The van der Waals surface area contributed by atoms with Gasteiger partial charge in [0.05, 0.1) is 11.4 Å². The Morgan fingerprint density at radius 3 is 2.34 bits per heavy atom. The molecule has 0 bridgehead atoms. The molecule has 0 atom stereocenters. The van der Waals surface area contributed by atoms with E-state index in [4.69, 9.17) is 0 Å². The SMILES string of the molecule is Cc1cccc(S(=O)(=O)Nc2ccc(C(=O)N3CCC(N4C(=O)CNC4=O)CC3)cc2)c1. The first-order valence-corrected chi connectivity index (χ1v) is 11.8. The van der Waals surface area contributed by atoms with Crippen LogP contribution in [0.2, 0.25) is 0 Å². The number of nitrogens with one attached hydrogen (secondary N) is 2. The number of benzene rings is 2. The van der Waals surface area contributed by atoms with Crippen LogP contribution in [-0.2, 0) is 14.8 Å². The van der Waals surface area contributed by atoms with E-state index in [1.165, 1.54) is 11.0 Å². The number of anilines is 1. The number of urea groups is 1. The zero-order valence-corrected chi connectivity index (χ0v) is 18.4. The second-order valence-electron chi connectivity index (χ2n) is 7.95. The number of amides is 4. The quantitative estimate of drug-likeness (QED) is 0.667. The van der Waals surface area contributed by atoms with Crippen molar-refractivity contribution in [2.24, 2.45) is 0 Å². The lowest BCUT2D eigenvalue weighted by Crippen LogP contribution is -2.49. The maximum absolute atomic E-state index is 12.8. The fourth-order valence-electron chi connectivity index (χ4n) is 3.99. The van der Waals surface area contributed by atoms with Gasteiger partial charge in [-0.1, -0.05) is 12.1 Å². The van der Waals surface area contributed by atoms with Crippen molar-refractivity contribution in [1.82, 2.24) is 15.1 Å². The van der Waals surface area contributed by atoms with Crippen molar-refractivity contribution < 1.29 is 22.8 Å². The number of rotatable bonds is 5. The molecule has 2 heterocycles.